The largest absolute Gasteiger partial charge is 0.480 e. The second kappa shape index (κ2) is 5.68. The number of carboxylic acid groups (broad SMARTS) is 1. The molecule has 5 nitrogen and oxygen atoms in total. The average molecular weight is 276 g/mol. The van der Waals surface area contributed by atoms with Crippen molar-refractivity contribution >= 4 is 11.9 Å². The first-order valence-electron chi connectivity index (χ1n) is 5.21. The van der Waals surface area contributed by atoms with Crippen LogP contribution in [0.5, 0.6) is 0 Å². The van der Waals surface area contributed by atoms with Gasteiger partial charge in [0.05, 0.1) is 0 Å². The molecule has 0 bridgehead atoms. The van der Waals surface area contributed by atoms with Gasteiger partial charge in [-0.05, 0) is 18.1 Å². The Bertz CT molecular complexity index is 488. The lowest BCUT2D eigenvalue weighted by atomic mass is 10.1. The van der Waals surface area contributed by atoms with E-state index >= 15 is 0 Å². The molecular weight excluding hydrogens is 265 g/mol. The molecule has 1 heterocycles. The van der Waals surface area contributed by atoms with Crippen LogP contribution < -0.4 is 5.32 Å². The zero-order valence-corrected chi connectivity index (χ0v) is 9.86. The van der Waals surface area contributed by atoms with Crippen LogP contribution in [0.25, 0.3) is 0 Å². The highest BCUT2D eigenvalue weighted by Gasteiger charge is 2.40. The number of nitrogens with one attached hydrogen (secondary N) is 1. The van der Waals surface area contributed by atoms with Crippen molar-refractivity contribution in [3.05, 3.63) is 29.6 Å². The number of halogens is 3. The number of rotatable bonds is 4. The van der Waals surface area contributed by atoms with Crippen LogP contribution in [0.3, 0.4) is 0 Å². The third-order valence-corrected chi connectivity index (χ3v) is 2.23. The van der Waals surface area contributed by atoms with Crippen LogP contribution in [-0.2, 0) is 16.0 Å². The maximum atomic E-state index is 12.1. The van der Waals surface area contributed by atoms with Gasteiger partial charge in [-0.15, -0.1) is 0 Å². The van der Waals surface area contributed by atoms with Gasteiger partial charge in [-0.1, -0.05) is 6.07 Å². The lowest BCUT2D eigenvalue weighted by molar-refractivity contribution is -0.175. The van der Waals surface area contributed by atoms with Crippen molar-refractivity contribution in [2.45, 2.75) is 25.6 Å². The van der Waals surface area contributed by atoms with Gasteiger partial charge in [0.2, 0.25) is 0 Å². The molecule has 0 aliphatic rings. The predicted molar refractivity (Wildman–Crippen MR) is 58.3 cm³/mol. The third-order valence-electron chi connectivity index (χ3n) is 2.23. The molecule has 1 aromatic heterocycles. The standard InChI is InChI=1S/C11H11F3N2O3/c1-6-2-7(5-15-4-6)3-8(9(17)18)16-10(19)11(12,13)14/h2,4-5,8H,3H2,1H3,(H,16,19)(H,17,18). The first-order valence-corrected chi connectivity index (χ1v) is 5.21. The summed E-state index contributed by atoms with van der Waals surface area (Å²) in [6, 6.07) is -0.0689. The van der Waals surface area contributed by atoms with Crippen LogP contribution in [0.4, 0.5) is 13.2 Å². The fourth-order valence-corrected chi connectivity index (χ4v) is 1.41. The van der Waals surface area contributed by atoms with E-state index in [0.29, 0.717) is 5.56 Å². The number of carbonyl (C=O) groups is 2. The van der Waals surface area contributed by atoms with Gasteiger partial charge in [0, 0.05) is 18.8 Å². The Morgan fingerprint density at radius 3 is 2.53 bits per heavy atom. The highest BCUT2D eigenvalue weighted by Crippen LogP contribution is 2.15. The summed E-state index contributed by atoms with van der Waals surface area (Å²) in [5, 5.41) is 10.2. The number of aryl methyl sites for hydroxylation is 1. The molecule has 19 heavy (non-hydrogen) atoms. The van der Waals surface area contributed by atoms with E-state index in [1.165, 1.54) is 17.7 Å². The number of carboxylic acids is 1. The van der Waals surface area contributed by atoms with Crippen LogP contribution >= 0.6 is 0 Å². The SMILES string of the molecule is Cc1cncc(CC(NC(=O)C(F)(F)F)C(=O)O)c1. The van der Waals surface area contributed by atoms with Crippen LogP contribution in [0, 0.1) is 6.92 Å². The lowest BCUT2D eigenvalue weighted by Gasteiger charge is -2.15. The fourth-order valence-electron chi connectivity index (χ4n) is 1.41. The molecule has 0 aliphatic heterocycles. The summed E-state index contributed by atoms with van der Waals surface area (Å²) < 4.78 is 36.2. The molecule has 0 saturated heterocycles. The number of carbonyl (C=O) groups excluding carboxylic acids is 1. The second-order valence-corrected chi connectivity index (χ2v) is 3.94. The zero-order chi connectivity index (χ0) is 14.6. The van der Waals surface area contributed by atoms with Gasteiger partial charge in [-0.3, -0.25) is 9.78 Å². The van der Waals surface area contributed by atoms with E-state index in [0.717, 1.165) is 5.56 Å². The first kappa shape index (κ1) is 14.9. The Morgan fingerprint density at radius 2 is 2.05 bits per heavy atom. The van der Waals surface area contributed by atoms with Crippen molar-refractivity contribution < 1.29 is 27.9 Å². The monoisotopic (exact) mass is 276 g/mol. The Kier molecular flexibility index (Phi) is 4.47. The number of hydrogen-bond acceptors (Lipinski definition) is 3. The molecule has 8 heteroatoms. The highest BCUT2D eigenvalue weighted by molar-refractivity contribution is 5.87. The zero-order valence-electron chi connectivity index (χ0n) is 9.86. The van der Waals surface area contributed by atoms with Crippen molar-refractivity contribution in [3.63, 3.8) is 0 Å². The molecular formula is C11H11F3N2O3. The molecule has 0 aromatic carbocycles. The minimum atomic E-state index is -5.11. The molecule has 1 amide bonds. The minimum Gasteiger partial charge on any atom is -0.480 e. The molecule has 0 radical (unpaired) electrons. The van der Waals surface area contributed by atoms with Crippen LogP contribution in [-0.4, -0.2) is 34.2 Å². The van der Waals surface area contributed by atoms with Crippen LogP contribution in [0.15, 0.2) is 18.5 Å². The molecule has 2 N–H and O–H groups in total. The maximum Gasteiger partial charge on any atom is 0.471 e. The summed E-state index contributed by atoms with van der Waals surface area (Å²) >= 11 is 0. The fraction of sp³-hybridized carbons (Fsp3) is 0.364. The van der Waals surface area contributed by atoms with Gasteiger partial charge in [0.25, 0.3) is 0 Å². The average Bonchev–Trinajstić information content (AvgIpc) is 2.26. The molecule has 0 fully saturated rings. The number of aliphatic carboxylic acids is 1. The second-order valence-electron chi connectivity index (χ2n) is 3.94. The summed E-state index contributed by atoms with van der Waals surface area (Å²) in [5.41, 5.74) is 1.17. The van der Waals surface area contributed by atoms with E-state index in [1.807, 2.05) is 0 Å². The van der Waals surface area contributed by atoms with Gasteiger partial charge in [0.1, 0.15) is 6.04 Å². The molecule has 1 atom stereocenters. The minimum absolute atomic E-state index is 0.272. The van der Waals surface area contributed by atoms with E-state index in [-0.39, 0.29) is 6.42 Å². The van der Waals surface area contributed by atoms with Crippen molar-refractivity contribution in [1.82, 2.24) is 10.3 Å². The number of aromatic nitrogens is 1. The van der Waals surface area contributed by atoms with E-state index in [1.54, 1.807) is 13.0 Å². The summed E-state index contributed by atoms with van der Waals surface area (Å²) in [7, 11) is 0. The van der Waals surface area contributed by atoms with Crippen LogP contribution in [0.2, 0.25) is 0 Å². The summed E-state index contributed by atoms with van der Waals surface area (Å²) in [6.07, 6.45) is -2.53. The Hall–Kier alpha value is -2.12. The van der Waals surface area contributed by atoms with Crippen molar-refractivity contribution in [3.8, 4) is 0 Å². The summed E-state index contributed by atoms with van der Waals surface area (Å²) in [5.74, 6) is -3.82. The number of alkyl halides is 3. The lowest BCUT2D eigenvalue weighted by Crippen LogP contribution is -2.47. The van der Waals surface area contributed by atoms with E-state index in [4.69, 9.17) is 5.11 Å². The number of amides is 1. The van der Waals surface area contributed by atoms with Gasteiger partial charge in [-0.2, -0.15) is 13.2 Å². The molecule has 0 saturated carbocycles. The predicted octanol–water partition coefficient (Wildman–Crippen LogP) is 1.06. The van der Waals surface area contributed by atoms with E-state index < -0.39 is 24.1 Å². The molecule has 1 aromatic rings. The Balaban J connectivity index is 2.80. The number of hydrogen-bond donors (Lipinski definition) is 2. The number of nitrogens with zero attached hydrogens (tertiary/aromatic N) is 1. The quantitative estimate of drug-likeness (QED) is 0.862. The Labute approximate surface area is 106 Å². The third kappa shape index (κ3) is 4.57. The summed E-state index contributed by atoms with van der Waals surface area (Å²) in [6.45, 7) is 1.71. The van der Waals surface area contributed by atoms with E-state index in [9.17, 15) is 22.8 Å². The molecule has 104 valence electrons. The first-order chi connectivity index (χ1) is 8.70. The van der Waals surface area contributed by atoms with Gasteiger partial charge in [0.15, 0.2) is 0 Å². The highest BCUT2D eigenvalue weighted by atomic mass is 19.4. The molecule has 1 rings (SSSR count). The van der Waals surface area contributed by atoms with Gasteiger partial charge < -0.3 is 10.4 Å². The summed E-state index contributed by atoms with van der Waals surface area (Å²) in [4.78, 5) is 25.4. The van der Waals surface area contributed by atoms with Gasteiger partial charge >= 0.3 is 18.1 Å². The van der Waals surface area contributed by atoms with Gasteiger partial charge in [-0.25, -0.2) is 4.79 Å². The van der Waals surface area contributed by atoms with Crippen molar-refractivity contribution in [2.24, 2.45) is 0 Å². The van der Waals surface area contributed by atoms with Crippen molar-refractivity contribution in [1.29, 1.82) is 0 Å². The number of pyridine rings is 1. The van der Waals surface area contributed by atoms with Crippen LogP contribution in [0.1, 0.15) is 11.1 Å². The molecule has 0 aliphatic carbocycles. The normalized spacial score (nSPS) is 12.8. The smallest absolute Gasteiger partial charge is 0.471 e. The molecule has 1 unspecified atom stereocenters. The topological polar surface area (TPSA) is 79.3 Å². The maximum absolute atomic E-state index is 12.1. The van der Waals surface area contributed by atoms with E-state index in [2.05, 4.69) is 4.98 Å². The Morgan fingerprint density at radius 1 is 1.42 bits per heavy atom. The van der Waals surface area contributed by atoms with Crippen molar-refractivity contribution in [2.75, 3.05) is 0 Å². The molecule has 0 spiro atoms.